The number of fused-ring (bicyclic) bond motifs is 1. The fourth-order valence-electron chi connectivity index (χ4n) is 2.10. The Morgan fingerprint density at radius 3 is 2.47 bits per heavy atom. The maximum Gasteiger partial charge on any atom is 0.117 e. The van der Waals surface area contributed by atoms with Crippen molar-refractivity contribution in [3.63, 3.8) is 0 Å². The quantitative estimate of drug-likeness (QED) is 0.815. The number of para-hydroxylation sites is 1. The molecule has 0 aromatic heterocycles. The maximum absolute atomic E-state index is 5.38. The molecule has 1 heterocycles. The Balaban J connectivity index is 1.79. The van der Waals surface area contributed by atoms with Gasteiger partial charge in [0.15, 0.2) is 0 Å². The molecule has 94 valence electrons. The van der Waals surface area contributed by atoms with Crippen LogP contribution in [0.25, 0.3) is 6.08 Å². The minimum absolute atomic E-state index is 0.0302. The zero-order chi connectivity index (χ0) is 13.1. The largest absolute Gasteiger partial charge is 0.362 e. The first-order chi connectivity index (χ1) is 9.33. The van der Waals surface area contributed by atoms with Gasteiger partial charge in [0, 0.05) is 11.3 Å². The van der Waals surface area contributed by atoms with Gasteiger partial charge in [-0.2, -0.15) is 0 Å². The van der Waals surface area contributed by atoms with Gasteiger partial charge < -0.3 is 10.6 Å². The molecule has 0 spiro atoms. The standard InChI is InChI=1S/C16H14N2S/c19-16-13-8-4-5-9-14(13)17-15(18-16)11-10-12-6-2-1-3-7-12/h1-11,15,17H,(H,18,19)/b11-10+/t15-/m0/s1. The molecule has 0 fully saturated rings. The van der Waals surface area contributed by atoms with Crippen molar-refractivity contribution in [1.29, 1.82) is 0 Å². The highest BCUT2D eigenvalue weighted by Crippen LogP contribution is 2.20. The predicted octanol–water partition coefficient (Wildman–Crippen LogP) is 3.42. The van der Waals surface area contributed by atoms with E-state index < -0.39 is 0 Å². The molecule has 0 radical (unpaired) electrons. The molecule has 1 aliphatic heterocycles. The Morgan fingerprint density at radius 1 is 0.895 bits per heavy atom. The number of nitrogens with one attached hydrogen (secondary N) is 2. The molecule has 0 bridgehead atoms. The molecule has 0 saturated carbocycles. The van der Waals surface area contributed by atoms with Gasteiger partial charge in [-0.15, -0.1) is 0 Å². The molecule has 0 aliphatic carbocycles. The van der Waals surface area contributed by atoms with E-state index in [1.165, 1.54) is 5.56 Å². The lowest BCUT2D eigenvalue weighted by Crippen LogP contribution is -2.43. The van der Waals surface area contributed by atoms with E-state index in [9.17, 15) is 0 Å². The van der Waals surface area contributed by atoms with Crippen molar-refractivity contribution >= 4 is 29.0 Å². The van der Waals surface area contributed by atoms with Crippen molar-refractivity contribution < 1.29 is 0 Å². The number of hydrogen-bond acceptors (Lipinski definition) is 2. The van der Waals surface area contributed by atoms with Crippen molar-refractivity contribution in [3.8, 4) is 0 Å². The third-order valence-corrected chi connectivity index (χ3v) is 3.39. The second kappa shape index (κ2) is 5.24. The van der Waals surface area contributed by atoms with Crippen LogP contribution in [-0.4, -0.2) is 11.2 Å². The second-order valence-electron chi connectivity index (χ2n) is 4.41. The summed E-state index contributed by atoms with van der Waals surface area (Å²) < 4.78 is 0. The van der Waals surface area contributed by atoms with E-state index in [2.05, 4.69) is 34.9 Å². The topological polar surface area (TPSA) is 24.1 Å². The molecule has 2 N–H and O–H groups in total. The normalized spacial score (nSPS) is 17.7. The number of anilines is 1. The molecule has 3 rings (SSSR count). The first-order valence-corrected chi connectivity index (χ1v) is 6.63. The van der Waals surface area contributed by atoms with Crippen molar-refractivity contribution in [3.05, 3.63) is 71.8 Å². The third kappa shape index (κ3) is 2.66. The Hall–Kier alpha value is -2.13. The van der Waals surface area contributed by atoms with Crippen LogP contribution in [0.15, 0.2) is 60.7 Å². The smallest absolute Gasteiger partial charge is 0.117 e. The second-order valence-corrected chi connectivity index (χ2v) is 4.82. The Morgan fingerprint density at radius 2 is 1.63 bits per heavy atom. The maximum atomic E-state index is 5.38. The Bertz CT molecular complexity index is 620. The summed E-state index contributed by atoms with van der Waals surface area (Å²) in [7, 11) is 0. The van der Waals surface area contributed by atoms with Crippen LogP contribution >= 0.6 is 12.2 Å². The summed E-state index contributed by atoms with van der Waals surface area (Å²) in [5, 5.41) is 6.69. The predicted molar refractivity (Wildman–Crippen MR) is 84.2 cm³/mol. The summed E-state index contributed by atoms with van der Waals surface area (Å²) in [6.07, 6.45) is 4.20. The molecule has 19 heavy (non-hydrogen) atoms. The molecule has 3 heteroatoms. The minimum Gasteiger partial charge on any atom is -0.362 e. The number of thiocarbonyl (C=S) groups is 1. The first kappa shape index (κ1) is 11.9. The summed E-state index contributed by atoms with van der Waals surface area (Å²) in [5.41, 5.74) is 3.31. The van der Waals surface area contributed by atoms with Crippen molar-refractivity contribution in [2.75, 3.05) is 5.32 Å². The van der Waals surface area contributed by atoms with Gasteiger partial charge in [0.25, 0.3) is 0 Å². The molecule has 2 aromatic carbocycles. The first-order valence-electron chi connectivity index (χ1n) is 6.22. The lowest BCUT2D eigenvalue weighted by Gasteiger charge is -2.27. The fraction of sp³-hybridized carbons (Fsp3) is 0.0625. The Labute approximate surface area is 118 Å². The number of benzene rings is 2. The van der Waals surface area contributed by atoms with E-state index in [0.29, 0.717) is 0 Å². The minimum atomic E-state index is 0.0302. The summed E-state index contributed by atoms with van der Waals surface area (Å²) in [4.78, 5) is 0.789. The molecule has 1 atom stereocenters. The monoisotopic (exact) mass is 266 g/mol. The fourth-order valence-corrected chi connectivity index (χ4v) is 2.40. The van der Waals surface area contributed by atoms with Gasteiger partial charge in [-0.1, -0.05) is 60.8 Å². The van der Waals surface area contributed by atoms with E-state index in [1.54, 1.807) is 0 Å². The van der Waals surface area contributed by atoms with Crippen LogP contribution in [0.1, 0.15) is 11.1 Å². The highest BCUT2D eigenvalue weighted by molar-refractivity contribution is 7.80. The summed E-state index contributed by atoms with van der Waals surface area (Å²) in [6, 6.07) is 18.3. The van der Waals surface area contributed by atoms with E-state index in [4.69, 9.17) is 12.2 Å². The van der Waals surface area contributed by atoms with E-state index >= 15 is 0 Å². The average molecular weight is 266 g/mol. The van der Waals surface area contributed by atoms with Gasteiger partial charge in [-0.25, -0.2) is 0 Å². The van der Waals surface area contributed by atoms with Gasteiger partial charge >= 0.3 is 0 Å². The zero-order valence-corrected chi connectivity index (χ0v) is 11.2. The highest BCUT2D eigenvalue weighted by atomic mass is 32.1. The SMILES string of the molecule is S=C1N[C@@H](/C=C/c2ccccc2)Nc2ccccc21. The van der Waals surface area contributed by atoms with Crippen molar-refractivity contribution in [2.45, 2.75) is 6.17 Å². The molecular formula is C16H14N2S. The van der Waals surface area contributed by atoms with Gasteiger partial charge in [0.2, 0.25) is 0 Å². The summed E-state index contributed by atoms with van der Waals surface area (Å²) in [6.45, 7) is 0. The van der Waals surface area contributed by atoms with Crippen molar-refractivity contribution in [1.82, 2.24) is 5.32 Å². The van der Waals surface area contributed by atoms with Gasteiger partial charge in [-0.3, -0.25) is 0 Å². The Kier molecular flexibility index (Phi) is 3.29. The number of hydrogen-bond donors (Lipinski definition) is 2. The van der Waals surface area contributed by atoms with E-state index in [0.717, 1.165) is 16.2 Å². The van der Waals surface area contributed by atoms with Gasteiger partial charge in [-0.05, 0) is 23.8 Å². The van der Waals surface area contributed by atoms with Crippen LogP contribution < -0.4 is 10.6 Å². The average Bonchev–Trinajstić information content (AvgIpc) is 2.46. The molecule has 1 aliphatic rings. The molecule has 2 nitrogen and oxygen atoms in total. The molecule has 0 amide bonds. The zero-order valence-electron chi connectivity index (χ0n) is 10.3. The summed E-state index contributed by atoms with van der Waals surface area (Å²) >= 11 is 5.38. The van der Waals surface area contributed by atoms with Crippen LogP contribution in [-0.2, 0) is 0 Å². The molecular weight excluding hydrogens is 252 g/mol. The summed E-state index contributed by atoms with van der Waals surface area (Å²) in [5.74, 6) is 0. The van der Waals surface area contributed by atoms with Crippen LogP contribution in [0.2, 0.25) is 0 Å². The molecule has 0 unspecified atom stereocenters. The lowest BCUT2D eigenvalue weighted by molar-refractivity contribution is 0.819. The van der Waals surface area contributed by atoms with E-state index in [-0.39, 0.29) is 6.17 Å². The van der Waals surface area contributed by atoms with E-state index in [1.807, 2.05) is 42.5 Å². The van der Waals surface area contributed by atoms with Crippen LogP contribution in [0, 0.1) is 0 Å². The van der Waals surface area contributed by atoms with Crippen LogP contribution in [0.5, 0.6) is 0 Å². The van der Waals surface area contributed by atoms with Gasteiger partial charge in [0.1, 0.15) is 11.2 Å². The molecule has 0 saturated heterocycles. The third-order valence-electron chi connectivity index (χ3n) is 3.05. The lowest BCUT2D eigenvalue weighted by atomic mass is 10.1. The van der Waals surface area contributed by atoms with Crippen LogP contribution in [0.3, 0.4) is 0 Å². The van der Waals surface area contributed by atoms with Gasteiger partial charge in [0.05, 0.1) is 0 Å². The molecule has 2 aromatic rings. The number of rotatable bonds is 2. The van der Waals surface area contributed by atoms with Crippen LogP contribution in [0.4, 0.5) is 5.69 Å². The van der Waals surface area contributed by atoms with Crippen molar-refractivity contribution in [2.24, 2.45) is 0 Å². The highest BCUT2D eigenvalue weighted by Gasteiger charge is 2.17.